The molecule has 0 spiro atoms. The fourth-order valence-corrected chi connectivity index (χ4v) is 4.35. The Bertz CT molecular complexity index is 1110. The summed E-state index contributed by atoms with van der Waals surface area (Å²) in [5.74, 6) is 0.751. The van der Waals surface area contributed by atoms with Gasteiger partial charge in [0.05, 0.1) is 24.3 Å². The molecule has 1 amide bonds. The normalized spacial score (nSPS) is 13.5. The number of amides is 1. The van der Waals surface area contributed by atoms with Crippen LogP contribution in [0.15, 0.2) is 76.7 Å². The summed E-state index contributed by atoms with van der Waals surface area (Å²) >= 11 is 1.42. The van der Waals surface area contributed by atoms with Crippen LogP contribution in [0.25, 0.3) is 0 Å². The van der Waals surface area contributed by atoms with Crippen molar-refractivity contribution in [3.05, 3.63) is 83.6 Å². The molecule has 1 saturated heterocycles. The molecule has 156 valence electrons. The lowest BCUT2D eigenvalue weighted by Crippen LogP contribution is -2.36. The highest BCUT2D eigenvalue weighted by Gasteiger charge is 2.15. The van der Waals surface area contributed by atoms with Crippen LogP contribution in [0.1, 0.15) is 21.5 Å². The fourth-order valence-electron chi connectivity index (χ4n) is 3.32. The minimum absolute atomic E-state index is 0.151. The van der Waals surface area contributed by atoms with Crippen molar-refractivity contribution in [2.24, 2.45) is 0 Å². The number of benzene rings is 2. The lowest BCUT2D eigenvalue weighted by Gasteiger charge is -2.28. The summed E-state index contributed by atoms with van der Waals surface area (Å²) in [4.78, 5) is 21.2. The Balaban J connectivity index is 1.46. The molecule has 0 unspecified atom stereocenters. The number of anilines is 1. The van der Waals surface area contributed by atoms with Gasteiger partial charge in [-0.2, -0.15) is 5.26 Å². The van der Waals surface area contributed by atoms with E-state index in [1.54, 1.807) is 18.3 Å². The first-order valence-electron chi connectivity index (χ1n) is 10.1. The monoisotopic (exact) mass is 430 g/mol. The van der Waals surface area contributed by atoms with Crippen LogP contribution in [0.3, 0.4) is 0 Å². The van der Waals surface area contributed by atoms with Gasteiger partial charge in [0, 0.05) is 35.6 Å². The first kappa shape index (κ1) is 20.9. The molecule has 1 N–H and O–H groups in total. The molecule has 0 bridgehead atoms. The highest BCUT2D eigenvalue weighted by atomic mass is 32.2. The molecule has 1 aliphatic rings. The fraction of sp³-hybridized carbons (Fsp3) is 0.208. The van der Waals surface area contributed by atoms with Gasteiger partial charge < -0.3 is 15.0 Å². The number of nitrogens with one attached hydrogen (secondary N) is 1. The van der Waals surface area contributed by atoms with Crippen molar-refractivity contribution >= 4 is 23.5 Å². The number of nitriles is 1. The van der Waals surface area contributed by atoms with Gasteiger partial charge >= 0.3 is 0 Å². The standard InChI is InChI=1S/C24H22N4O2S/c25-16-19-5-1-3-7-21(19)31-22-8-4-2-6-20(22)24(29)27-17-18-9-10-26-23(15-18)28-11-13-30-14-12-28/h1-10,15H,11-14,17H2,(H,27,29). The molecular weight excluding hydrogens is 408 g/mol. The summed E-state index contributed by atoms with van der Waals surface area (Å²) < 4.78 is 5.40. The van der Waals surface area contributed by atoms with Gasteiger partial charge in [-0.25, -0.2) is 4.98 Å². The van der Waals surface area contributed by atoms with Crippen LogP contribution in [0.2, 0.25) is 0 Å². The molecule has 2 aromatic carbocycles. The lowest BCUT2D eigenvalue weighted by molar-refractivity contribution is 0.0948. The zero-order valence-electron chi connectivity index (χ0n) is 17.0. The van der Waals surface area contributed by atoms with Crippen LogP contribution in [0.5, 0.6) is 0 Å². The molecule has 1 aromatic heterocycles. The van der Waals surface area contributed by atoms with Crippen LogP contribution in [-0.2, 0) is 11.3 Å². The van der Waals surface area contributed by atoms with E-state index in [4.69, 9.17) is 4.74 Å². The van der Waals surface area contributed by atoms with E-state index < -0.39 is 0 Å². The molecule has 1 aliphatic heterocycles. The number of rotatable bonds is 6. The number of morpholine rings is 1. The van der Waals surface area contributed by atoms with Crippen LogP contribution >= 0.6 is 11.8 Å². The number of hydrogen-bond acceptors (Lipinski definition) is 6. The number of aromatic nitrogens is 1. The van der Waals surface area contributed by atoms with Crippen molar-refractivity contribution in [2.45, 2.75) is 16.3 Å². The second-order valence-corrected chi connectivity index (χ2v) is 8.09. The Morgan fingerprint density at radius 1 is 1.10 bits per heavy atom. The molecule has 0 radical (unpaired) electrons. The summed E-state index contributed by atoms with van der Waals surface area (Å²) in [5, 5.41) is 12.4. The van der Waals surface area contributed by atoms with E-state index in [1.807, 2.05) is 48.5 Å². The molecule has 1 fully saturated rings. The Kier molecular flexibility index (Phi) is 6.82. The summed E-state index contributed by atoms with van der Waals surface area (Å²) in [6, 6.07) is 21.0. The predicted octanol–water partition coefficient (Wildman–Crippen LogP) is 3.87. The van der Waals surface area contributed by atoms with Crippen LogP contribution < -0.4 is 10.2 Å². The average molecular weight is 431 g/mol. The SMILES string of the molecule is N#Cc1ccccc1Sc1ccccc1C(=O)NCc1ccnc(N2CCOCC2)c1. The van der Waals surface area contributed by atoms with E-state index in [0.717, 1.165) is 34.3 Å². The largest absolute Gasteiger partial charge is 0.378 e. The highest BCUT2D eigenvalue weighted by molar-refractivity contribution is 7.99. The number of pyridine rings is 1. The molecule has 7 heteroatoms. The van der Waals surface area contributed by atoms with Gasteiger partial charge in [0.2, 0.25) is 0 Å². The third-order valence-corrected chi connectivity index (χ3v) is 6.11. The van der Waals surface area contributed by atoms with Crippen molar-refractivity contribution in [3.63, 3.8) is 0 Å². The Morgan fingerprint density at radius 3 is 2.65 bits per heavy atom. The molecule has 0 aliphatic carbocycles. The van der Waals surface area contributed by atoms with Crippen molar-refractivity contribution in [1.82, 2.24) is 10.3 Å². The van der Waals surface area contributed by atoms with E-state index in [-0.39, 0.29) is 5.91 Å². The van der Waals surface area contributed by atoms with Crippen LogP contribution in [-0.4, -0.2) is 37.2 Å². The second kappa shape index (κ2) is 10.1. The van der Waals surface area contributed by atoms with Crippen molar-refractivity contribution in [1.29, 1.82) is 5.26 Å². The molecule has 0 saturated carbocycles. The quantitative estimate of drug-likeness (QED) is 0.640. The van der Waals surface area contributed by atoms with Gasteiger partial charge in [0.1, 0.15) is 11.9 Å². The van der Waals surface area contributed by atoms with Crippen LogP contribution in [0, 0.1) is 11.3 Å². The number of carbonyl (C=O) groups excluding carboxylic acids is 1. The number of ether oxygens (including phenoxy) is 1. The maximum absolute atomic E-state index is 12.9. The summed E-state index contributed by atoms with van der Waals surface area (Å²) in [7, 11) is 0. The minimum atomic E-state index is -0.151. The molecule has 0 atom stereocenters. The lowest BCUT2D eigenvalue weighted by atomic mass is 10.2. The first-order chi connectivity index (χ1) is 15.2. The average Bonchev–Trinajstić information content (AvgIpc) is 2.84. The molecular formula is C24H22N4O2S. The zero-order valence-corrected chi connectivity index (χ0v) is 17.8. The summed E-state index contributed by atoms with van der Waals surface area (Å²) in [5.41, 5.74) is 2.17. The Labute approximate surface area is 185 Å². The molecule has 3 aromatic rings. The van der Waals surface area contributed by atoms with E-state index >= 15 is 0 Å². The van der Waals surface area contributed by atoms with Gasteiger partial charge in [0.25, 0.3) is 5.91 Å². The highest BCUT2D eigenvalue weighted by Crippen LogP contribution is 2.32. The molecule has 31 heavy (non-hydrogen) atoms. The number of hydrogen-bond donors (Lipinski definition) is 1. The minimum Gasteiger partial charge on any atom is -0.378 e. The number of nitrogens with zero attached hydrogens (tertiary/aromatic N) is 3. The summed E-state index contributed by atoms with van der Waals surface area (Å²) in [6.45, 7) is 3.44. The van der Waals surface area contributed by atoms with Crippen LogP contribution in [0.4, 0.5) is 5.82 Å². The van der Waals surface area contributed by atoms with E-state index in [9.17, 15) is 10.1 Å². The van der Waals surface area contributed by atoms with Gasteiger partial charge in [-0.05, 0) is 42.0 Å². The van der Waals surface area contributed by atoms with Gasteiger partial charge in [-0.3, -0.25) is 4.79 Å². The third-order valence-electron chi connectivity index (χ3n) is 4.96. The van der Waals surface area contributed by atoms with E-state index in [0.29, 0.717) is 30.9 Å². The second-order valence-electron chi connectivity index (χ2n) is 7.01. The molecule has 4 rings (SSSR count). The number of carbonyl (C=O) groups is 1. The van der Waals surface area contributed by atoms with Gasteiger partial charge in [-0.15, -0.1) is 0 Å². The van der Waals surface area contributed by atoms with Crippen molar-refractivity contribution in [2.75, 3.05) is 31.2 Å². The third kappa shape index (κ3) is 5.23. The summed E-state index contributed by atoms with van der Waals surface area (Å²) in [6.07, 6.45) is 1.77. The maximum Gasteiger partial charge on any atom is 0.252 e. The van der Waals surface area contributed by atoms with E-state index in [2.05, 4.69) is 21.3 Å². The zero-order chi connectivity index (χ0) is 21.5. The molecule has 6 nitrogen and oxygen atoms in total. The molecule has 2 heterocycles. The van der Waals surface area contributed by atoms with Gasteiger partial charge in [0.15, 0.2) is 0 Å². The maximum atomic E-state index is 12.9. The van der Waals surface area contributed by atoms with Crippen molar-refractivity contribution < 1.29 is 9.53 Å². The topological polar surface area (TPSA) is 78.2 Å². The Hall–Kier alpha value is -3.34. The predicted molar refractivity (Wildman–Crippen MR) is 120 cm³/mol. The van der Waals surface area contributed by atoms with E-state index in [1.165, 1.54) is 11.8 Å². The first-order valence-corrected chi connectivity index (χ1v) is 10.9. The van der Waals surface area contributed by atoms with Crippen molar-refractivity contribution in [3.8, 4) is 6.07 Å². The van der Waals surface area contributed by atoms with Gasteiger partial charge in [-0.1, -0.05) is 36.0 Å². The Morgan fingerprint density at radius 2 is 1.84 bits per heavy atom. The smallest absolute Gasteiger partial charge is 0.252 e.